The first-order valence-electron chi connectivity index (χ1n) is 9.51. The van der Waals surface area contributed by atoms with Gasteiger partial charge < -0.3 is 26.1 Å². The van der Waals surface area contributed by atoms with E-state index >= 15 is 0 Å². The molecule has 0 bridgehead atoms. The van der Waals surface area contributed by atoms with Crippen molar-refractivity contribution in [3.63, 3.8) is 0 Å². The molecule has 154 valence electrons. The zero-order chi connectivity index (χ0) is 21.3. The van der Waals surface area contributed by atoms with E-state index < -0.39 is 24.0 Å². The summed E-state index contributed by atoms with van der Waals surface area (Å²) in [6.45, 7) is 0. The number of benzene rings is 2. The van der Waals surface area contributed by atoms with Crippen LogP contribution in [0.25, 0.3) is 21.8 Å². The Morgan fingerprint density at radius 2 is 1.67 bits per heavy atom. The van der Waals surface area contributed by atoms with Crippen molar-refractivity contribution in [2.75, 3.05) is 0 Å². The zero-order valence-electron chi connectivity index (χ0n) is 16.0. The summed E-state index contributed by atoms with van der Waals surface area (Å²) >= 11 is 3.45. The topological polar surface area (TPSA) is 124 Å². The van der Waals surface area contributed by atoms with Crippen molar-refractivity contribution in [1.29, 1.82) is 0 Å². The molecule has 0 aliphatic heterocycles. The number of amides is 1. The number of hydrogen-bond donors (Lipinski definition) is 5. The first-order valence-corrected chi connectivity index (χ1v) is 10.3. The fraction of sp³-hybridized carbons (Fsp3) is 0.182. The van der Waals surface area contributed by atoms with Crippen LogP contribution < -0.4 is 11.1 Å². The van der Waals surface area contributed by atoms with E-state index in [1.165, 1.54) is 0 Å². The van der Waals surface area contributed by atoms with Crippen molar-refractivity contribution in [3.05, 3.63) is 70.5 Å². The quantitative estimate of drug-likeness (QED) is 0.285. The van der Waals surface area contributed by atoms with Gasteiger partial charge in [0.15, 0.2) is 0 Å². The van der Waals surface area contributed by atoms with Crippen LogP contribution in [0, 0.1) is 0 Å². The van der Waals surface area contributed by atoms with E-state index in [1.807, 2.05) is 48.7 Å². The highest BCUT2D eigenvalue weighted by atomic mass is 79.9. The summed E-state index contributed by atoms with van der Waals surface area (Å²) in [6, 6.07) is 11.5. The number of nitrogens with two attached hydrogens (primary N) is 1. The normalized spacial score (nSPS) is 13.4. The van der Waals surface area contributed by atoms with E-state index in [-0.39, 0.29) is 6.42 Å². The van der Waals surface area contributed by atoms with Gasteiger partial charge in [-0.1, -0.05) is 34.1 Å². The van der Waals surface area contributed by atoms with E-state index in [2.05, 4.69) is 31.2 Å². The number of carboxylic acid groups (broad SMARTS) is 1. The summed E-state index contributed by atoms with van der Waals surface area (Å²) in [5.41, 5.74) is 9.71. The van der Waals surface area contributed by atoms with Crippen LogP contribution in [0.15, 0.2) is 59.3 Å². The highest BCUT2D eigenvalue weighted by molar-refractivity contribution is 9.10. The second-order valence-corrected chi connectivity index (χ2v) is 8.19. The zero-order valence-corrected chi connectivity index (χ0v) is 17.6. The van der Waals surface area contributed by atoms with Crippen molar-refractivity contribution in [3.8, 4) is 0 Å². The Morgan fingerprint density at radius 3 is 2.40 bits per heavy atom. The highest BCUT2D eigenvalue weighted by Gasteiger charge is 2.25. The molecule has 7 nitrogen and oxygen atoms in total. The number of fused-ring (bicyclic) bond motifs is 2. The number of hydrogen-bond acceptors (Lipinski definition) is 3. The molecule has 0 saturated heterocycles. The Hall–Kier alpha value is -3.10. The number of rotatable bonds is 7. The lowest BCUT2D eigenvalue weighted by molar-refractivity contribution is -0.141. The molecule has 0 saturated carbocycles. The van der Waals surface area contributed by atoms with Crippen LogP contribution >= 0.6 is 15.9 Å². The minimum Gasteiger partial charge on any atom is -0.480 e. The number of nitrogens with one attached hydrogen (secondary N) is 3. The van der Waals surface area contributed by atoms with Crippen LogP contribution in [-0.4, -0.2) is 39.0 Å². The second kappa shape index (κ2) is 8.33. The summed E-state index contributed by atoms with van der Waals surface area (Å²) in [5.74, 6) is -1.59. The number of aliphatic carboxylic acids is 1. The molecule has 2 atom stereocenters. The standard InChI is InChI=1S/C22H21BrN4O3/c23-14-5-6-19-16(9-14)12(10-26-19)7-17(24)21(28)27-20(22(29)30)8-13-11-25-18-4-2-1-3-15(13)18/h1-6,9-11,17,20,25-26H,7-8,24H2,(H,27,28)(H,29,30)/t17-,20-/m0/s1. The molecule has 8 heteroatoms. The number of carboxylic acids is 1. The van der Waals surface area contributed by atoms with Gasteiger partial charge in [0.2, 0.25) is 5.91 Å². The van der Waals surface area contributed by atoms with Crippen LogP contribution in [0.5, 0.6) is 0 Å². The van der Waals surface area contributed by atoms with Gasteiger partial charge in [0.1, 0.15) is 6.04 Å². The third-order valence-corrected chi connectivity index (χ3v) is 5.71. The molecule has 4 rings (SSSR count). The van der Waals surface area contributed by atoms with E-state index in [4.69, 9.17) is 5.73 Å². The van der Waals surface area contributed by atoms with E-state index in [0.29, 0.717) is 6.42 Å². The molecule has 2 aromatic carbocycles. The fourth-order valence-corrected chi connectivity index (χ4v) is 4.01. The maximum absolute atomic E-state index is 12.7. The number of carbonyl (C=O) groups is 2. The van der Waals surface area contributed by atoms with Gasteiger partial charge in [0.25, 0.3) is 0 Å². The smallest absolute Gasteiger partial charge is 0.326 e. The van der Waals surface area contributed by atoms with Crippen LogP contribution in [0.1, 0.15) is 11.1 Å². The molecule has 0 aliphatic carbocycles. The molecular formula is C22H21BrN4O3. The number of para-hydroxylation sites is 1. The maximum atomic E-state index is 12.7. The van der Waals surface area contributed by atoms with Gasteiger partial charge in [-0.3, -0.25) is 4.79 Å². The van der Waals surface area contributed by atoms with E-state index in [0.717, 1.165) is 37.4 Å². The molecular weight excluding hydrogens is 448 g/mol. The van der Waals surface area contributed by atoms with Crippen molar-refractivity contribution >= 4 is 49.6 Å². The van der Waals surface area contributed by atoms with Gasteiger partial charge in [0.05, 0.1) is 6.04 Å². The third-order valence-electron chi connectivity index (χ3n) is 5.22. The van der Waals surface area contributed by atoms with E-state index in [1.54, 1.807) is 6.20 Å². The molecule has 2 heterocycles. The van der Waals surface area contributed by atoms with Gasteiger partial charge in [0, 0.05) is 45.1 Å². The number of aromatic amines is 2. The second-order valence-electron chi connectivity index (χ2n) is 7.28. The van der Waals surface area contributed by atoms with Crippen LogP contribution in [0.4, 0.5) is 0 Å². The molecule has 2 aromatic heterocycles. The molecule has 4 aromatic rings. The minimum absolute atomic E-state index is 0.165. The summed E-state index contributed by atoms with van der Waals surface area (Å²) in [6.07, 6.45) is 4.06. The highest BCUT2D eigenvalue weighted by Crippen LogP contribution is 2.24. The molecule has 0 aliphatic rings. The van der Waals surface area contributed by atoms with Crippen molar-refractivity contribution in [2.45, 2.75) is 24.9 Å². The lowest BCUT2D eigenvalue weighted by atomic mass is 10.0. The predicted octanol–water partition coefficient (Wildman–Crippen LogP) is 3.09. The Labute approximate surface area is 180 Å². The molecule has 6 N–H and O–H groups in total. The van der Waals surface area contributed by atoms with Gasteiger partial charge >= 0.3 is 5.97 Å². The van der Waals surface area contributed by atoms with Gasteiger partial charge in [-0.05, 0) is 41.8 Å². The Balaban J connectivity index is 1.47. The summed E-state index contributed by atoms with van der Waals surface area (Å²) in [5, 5.41) is 14.1. The monoisotopic (exact) mass is 468 g/mol. The lowest BCUT2D eigenvalue weighted by Gasteiger charge is -2.17. The van der Waals surface area contributed by atoms with Crippen LogP contribution in [-0.2, 0) is 22.4 Å². The molecule has 0 unspecified atom stereocenters. The van der Waals surface area contributed by atoms with E-state index in [9.17, 15) is 14.7 Å². The fourth-order valence-electron chi connectivity index (χ4n) is 3.65. The van der Waals surface area contributed by atoms with Crippen molar-refractivity contribution in [1.82, 2.24) is 15.3 Å². The molecule has 0 fully saturated rings. The first kappa shape index (κ1) is 20.2. The largest absolute Gasteiger partial charge is 0.480 e. The lowest BCUT2D eigenvalue weighted by Crippen LogP contribution is -2.50. The van der Waals surface area contributed by atoms with Gasteiger partial charge in [-0.25, -0.2) is 4.79 Å². The number of H-pyrrole nitrogens is 2. The molecule has 1 amide bonds. The van der Waals surface area contributed by atoms with Crippen molar-refractivity contribution in [2.24, 2.45) is 5.73 Å². The van der Waals surface area contributed by atoms with Gasteiger partial charge in [-0.15, -0.1) is 0 Å². The number of aromatic nitrogens is 2. The summed E-state index contributed by atoms with van der Waals surface area (Å²) in [4.78, 5) is 30.7. The van der Waals surface area contributed by atoms with Crippen molar-refractivity contribution < 1.29 is 14.7 Å². The molecule has 0 spiro atoms. The summed E-state index contributed by atoms with van der Waals surface area (Å²) < 4.78 is 0.929. The minimum atomic E-state index is -1.10. The SMILES string of the molecule is N[C@@H](Cc1c[nH]c2ccc(Br)cc12)C(=O)N[C@@H](Cc1c[nH]c2ccccc12)C(=O)O. The van der Waals surface area contributed by atoms with Gasteiger partial charge in [-0.2, -0.15) is 0 Å². The maximum Gasteiger partial charge on any atom is 0.326 e. The average Bonchev–Trinajstić information content (AvgIpc) is 3.31. The Kier molecular flexibility index (Phi) is 5.61. The first-order chi connectivity index (χ1) is 14.4. The Bertz CT molecular complexity index is 1230. The van der Waals surface area contributed by atoms with Crippen LogP contribution in [0.3, 0.4) is 0 Å². The predicted molar refractivity (Wildman–Crippen MR) is 119 cm³/mol. The summed E-state index contributed by atoms with van der Waals surface area (Å²) in [7, 11) is 0. The average molecular weight is 469 g/mol. The molecule has 0 radical (unpaired) electrons. The third kappa shape index (κ3) is 4.10. The Morgan fingerprint density at radius 1 is 1.00 bits per heavy atom. The molecule has 30 heavy (non-hydrogen) atoms. The number of halogens is 1. The number of carbonyl (C=O) groups excluding carboxylic acids is 1. The van der Waals surface area contributed by atoms with Crippen LogP contribution in [0.2, 0.25) is 0 Å².